The molecule has 1 fully saturated rings. The van der Waals surface area contributed by atoms with E-state index in [2.05, 4.69) is 6.92 Å². The van der Waals surface area contributed by atoms with E-state index in [1.807, 2.05) is 34.3 Å². The van der Waals surface area contributed by atoms with E-state index in [9.17, 15) is 19.5 Å². The first-order valence-corrected chi connectivity index (χ1v) is 12.4. The van der Waals surface area contributed by atoms with Crippen LogP contribution in [-0.2, 0) is 15.9 Å². The molecule has 1 saturated heterocycles. The van der Waals surface area contributed by atoms with Gasteiger partial charge in [-0.3, -0.25) is 9.57 Å². The van der Waals surface area contributed by atoms with Crippen LogP contribution in [-0.4, -0.2) is 38.2 Å². The van der Waals surface area contributed by atoms with Crippen molar-refractivity contribution >= 4 is 35.8 Å². The van der Waals surface area contributed by atoms with E-state index in [1.54, 1.807) is 12.1 Å². The molecule has 1 unspecified atom stereocenters. The molecule has 2 aromatic carbocycles. The maximum Gasteiger partial charge on any atom is 0.356 e. The molecule has 1 heterocycles. The average molecular weight is 465 g/mol. The zero-order valence-corrected chi connectivity index (χ0v) is 19.3. The molecule has 1 aliphatic rings. The van der Waals surface area contributed by atoms with E-state index in [-0.39, 0.29) is 11.9 Å². The SMILES string of the molecule is CCCCC(O)c1ccc(N2C(=S)CCN2COCc2cccc(P(=O)(O)O)c2)cc1. The van der Waals surface area contributed by atoms with Crippen LogP contribution in [0.2, 0.25) is 0 Å². The molecule has 0 radical (unpaired) electrons. The summed E-state index contributed by atoms with van der Waals surface area (Å²) in [6.45, 7) is 3.35. The second kappa shape index (κ2) is 10.8. The van der Waals surface area contributed by atoms with Gasteiger partial charge in [-0.15, -0.1) is 0 Å². The Bertz CT molecular complexity index is 934. The van der Waals surface area contributed by atoms with Crippen molar-refractivity contribution in [3.8, 4) is 0 Å². The Morgan fingerprint density at radius 1 is 1.19 bits per heavy atom. The number of aliphatic hydroxyl groups excluding tert-OH is 1. The van der Waals surface area contributed by atoms with E-state index in [0.717, 1.165) is 48.5 Å². The zero-order chi connectivity index (χ0) is 22.4. The summed E-state index contributed by atoms with van der Waals surface area (Å²) in [5, 5.41) is 14.2. The van der Waals surface area contributed by atoms with Crippen molar-refractivity contribution in [2.45, 2.75) is 45.3 Å². The number of nitrogens with zero attached hydrogens (tertiary/aromatic N) is 2. The Morgan fingerprint density at radius 3 is 2.61 bits per heavy atom. The molecule has 0 aliphatic carbocycles. The molecule has 7 nitrogen and oxygen atoms in total. The van der Waals surface area contributed by atoms with Gasteiger partial charge >= 0.3 is 7.60 Å². The lowest BCUT2D eigenvalue weighted by Crippen LogP contribution is -2.40. The molecule has 3 N–H and O–H groups in total. The second-order valence-corrected chi connectivity index (χ2v) is 9.70. The third kappa shape index (κ3) is 6.43. The van der Waals surface area contributed by atoms with Gasteiger partial charge in [0.05, 0.1) is 28.7 Å². The highest BCUT2D eigenvalue weighted by atomic mass is 32.1. The van der Waals surface area contributed by atoms with Gasteiger partial charge in [-0.2, -0.15) is 5.01 Å². The minimum atomic E-state index is -4.28. The van der Waals surface area contributed by atoms with Gasteiger partial charge in [-0.05, 0) is 41.8 Å². The van der Waals surface area contributed by atoms with Crippen molar-refractivity contribution < 1.29 is 24.2 Å². The van der Waals surface area contributed by atoms with Crippen molar-refractivity contribution in [1.82, 2.24) is 5.01 Å². The van der Waals surface area contributed by atoms with Crippen molar-refractivity contribution in [1.29, 1.82) is 0 Å². The molecule has 9 heteroatoms. The highest BCUT2D eigenvalue weighted by molar-refractivity contribution is 7.80. The highest BCUT2D eigenvalue weighted by Gasteiger charge is 2.27. The Labute approximate surface area is 188 Å². The standard InChI is InChI=1S/C22H29N2O5PS/c1-2-3-7-21(25)18-8-10-19(11-9-18)24-22(31)12-13-23(24)16-29-15-17-5-4-6-20(14-17)30(26,27)28/h4-6,8-11,14,21,25H,2-3,7,12-13,15-16H2,1H3,(H2,26,27,28). The van der Waals surface area contributed by atoms with Crippen LogP contribution in [0.4, 0.5) is 5.69 Å². The van der Waals surface area contributed by atoms with Crippen LogP contribution in [0.5, 0.6) is 0 Å². The largest absolute Gasteiger partial charge is 0.388 e. The lowest BCUT2D eigenvalue weighted by molar-refractivity contribution is 0.0277. The number of hydrazine groups is 1. The van der Waals surface area contributed by atoms with Crippen molar-refractivity contribution in [3.63, 3.8) is 0 Å². The number of aliphatic hydroxyl groups is 1. The highest BCUT2D eigenvalue weighted by Crippen LogP contribution is 2.33. The number of rotatable bonds is 10. The molecule has 3 rings (SSSR count). The van der Waals surface area contributed by atoms with Gasteiger partial charge in [0.1, 0.15) is 6.73 Å². The van der Waals surface area contributed by atoms with Gasteiger partial charge in [0.2, 0.25) is 0 Å². The first-order valence-electron chi connectivity index (χ1n) is 10.4. The summed E-state index contributed by atoms with van der Waals surface area (Å²) < 4.78 is 17.2. The van der Waals surface area contributed by atoms with E-state index >= 15 is 0 Å². The van der Waals surface area contributed by atoms with Crippen LogP contribution in [0.3, 0.4) is 0 Å². The number of unbranched alkanes of at least 4 members (excludes halogenated alkanes) is 1. The second-order valence-electron chi connectivity index (χ2n) is 7.63. The molecule has 0 amide bonds. The summed E-state index contributed by atoms with van der Waals surface area (Å²) >= 11 is 5.54. The van der Waals surface area contributed by atoms with Crippen LogP contribution in [0, 0.1) is 0 Å². The van der Waals surface area contributed by atoms with Crippen molar-refractivity contribution in [2.75, 3.05) is 18.3 Å². The summed E-state index contributed by atoms with van der Waals surface area (Å²) in [6.07, 6.45) is 3.08. The van der Waals surface area contributed by atoms with Gasteiger partial charge < -0.3 is 19.6 Å². The zero-order valence-electron chi connectivity index (χ0n) is 17.6. The Balaban J connectivity index is 1.61. The summed E-state index contributed by atoms with van der Waals surface area (Å²) in [4.78, 5) is 19.4. The molecule has 0 bridgehead atoms. The molecule has 31 heavy (non-hydrogen) atoms. The predicted octanol–water partition coefficient (Wildman–Crippen LogP) is 3.64. The van der Waals surface area contributed by atoms with E-state index in [4.69, 9.17) is 17.0 Å². The van der Waals surface area contributed by atoms with Crippen LogP contribution >= 0.6 is 19.8 Å². The lowest BCUT2D eigenvalue weighted by Gasteiger charge is -2.29. The maximum atomic E-state index is 11.4. The third-order valence-electron chi connectivity index (χ3n) is 5.21. The van der Waals surface area contributed by atoms with Crippen LogP contribution in [0.25, 0.3) is 0 Å². The summed E-state index contributed by atoms with van der Waals surface area (Å²) in [5.41, 5.74) is 2.51. The number of benzene rings is 2. The van der Waals surface area contributed by atoms with E-state index in [0.29, 0.717) is 12.3 Å². The van der Waals surface area contributed by atoms with Crippen molar-refractivity contribution in [3.05, 3.63) is 59.7 Å². The molecule has 1 aliphatic heterocycles. The van der Waals surface area contributed by atoms with Gasteiger partial charge in [0.25, 0.3) is 0 Å². The normalized spacial score (nSPS) is 16.1. The van der Waals surface area contributed by atoms with Crippen LogP contribution in [0.15, 0.2) is 48.5 Å². The third-order valence-corrected chi connectivity index (χ3v) is 6.54. The summed E-state index contributed by atoms with van der Waals surface area (Å²) in [7, 11) is -4.28. The first-order chi connectivity index (χ1) is 14.8. The van der Waals surface area contributed by atoms with Crippen molar-refractivity contribution in [2.24, 2.45) is 0 Å². The molecule has 0 spiro atoms. The minimum absolute atomic E-state index is 0.0150. The lowest BCUT2D eigenvalue weighted by atomic mass is 10.0. The fraction of sp³-hybridized carbons (Fsp3) is 0.409. The number of ether oxygens (including phenoxy) is 1. The Hall–Kier alpha value is -1.64. The fourth-order valence-corrected chi connectivity index (χ4v) is 4.44. The summed E-state index contributed by atoms with van der Waals surface area (Å²) in [5.74, 6) is 0. The molecular formula is C22H29N2O5PS. The Kier molecular flexibility index (Phi) is 8.36. The van der Waals surface area contributed by atoms with E-state index < -0.39 is 13.7 Å². The smallest absolute Gasteiger partial charge is 0.356 e. The van der Waals surface area contributed by atoms with Gasteiger partial charge in [0, 0.05) is 13.0 Å². The number of thiocarbonyl (C=S) groups is 1. The van der Waals surface area contributed by atoms with Crippen LogP contribution in [0.1, 0.15) is 49.8 Å². The molecule has 0 aromatic heterocycles. The molecular weight excluding hydrogens is 435 g/mol. The maximum absolute atomic E-state index is 11.4. The number of anilines is 1. The monoisotopic (exact) mass is 464 g/mol. The van der Waals surface area contributed by atoms with Crippen LogP contribution < -0.4 is 10.3 Å². The number of hydrogen-bond donors (Lipinski definition) is 3. The number of hydrogen-bond acceptors (Lipinski definition) is 5. The molecule has 2 aromatic rings. The quantitative estimate of drug-likeness (QED) is 0.363. The minimum Gasteiger partial charge on any atom is -0.388 e. The molecule has 1 atom stereocenters. The summed E-state index contributed by atoms with van der Waals surface area (Å²) in [6, 6.07) is 14.0. The molecule has 0 saturated carbocycles. The van der Waals surface area contributed by atoms with Gasteiger partial charge in [-0.1, -0.05) is 56.2 Å². The van der Waals surface area contributed by atoms with E-state index in [1.165, 1.54) is 12.1 Å². The predicted molar refractivity (Wildman–Crippen MR) is 125 cm³/mol. The topological polar surface area (TPSA) is 93.5 Å². The van der Waals surface area contributed by atoms with Gasteiger partial charge in [0.15, 0.2) is 0 Å². The average Bonchev–Trinajstić information content (AvgIpc) is 3.12. The first kappa shape index (κ1) is 24.0. The fourth-order valence-electron chi connectivity index (χ4n) is 3.52. The Morgan fingerprint density at radius 2 is 1.94 bits per heavy atom. The van der Waals surface area contributed by atoms with Gasteiger partial charge in [-0.25, -0.2) is 0 Å². The molecule has 168 valence electrons.